The van der Waals surface area contributed by atoms with Crippen molar-refractivity contribution in [2.75, 3.05) is 6.26 Å². The zero-order valence-electron chi connectivity index (χ0n) is 11.5. The number of carboxylic acids is 1. The van der Waals surface area contributed by atoms with Crippen LogP contribution in [0.5, 0.6) is 0 Å². The van der Waals surface area contributed by atoms with E-state index in [1.807, 2.05) is 0 Å². The Bertz CT molecular complexity index is 623. The Labute approximate surface area is 117 Å². The summed E-state index contributed by atoms with van der Waals surface area (Å²) in [5.41, 5.74) is 0.178. The van der Waals surface area contributed by atoms with Crippen LogP contribution in [0.1, 0.15) is 24.2 Å². The molecule has 1 aromatic rings. The van der Waals surface area contributed by atoms with Gasteiger partial charge in [-0.15, -0.1) is 0 Å². The largest absolute Gasteiger partial charge is 0.481 e. The Morgan fingerprint density at radius 1 is 1.25 bits per heavy atom. The standard InChI is InChI=1S/C13H17NO5S/c1-8(13(16)17)9(2)14-12(15)10-5-4-6-11(7-10)20(3,18)19/h4-9H,1-3H3,(H,14,15)(H,16,17). The van der Waals surface area contributed by atoms with Gasteiger partial charge in [-0.25, -0.2) is 8.42 Å². The Morgan fingerprint density at radius 3 is 2.35 bits per heavy atom. The van der Waals surface area contributed by atoms with Crippen molar-refractivity contribution < 1.29 is 23.1 Å². The van der Waals surface area contributed by atoms with E-state index in [1.54, 1.807) is 6.92 Å². The first-order valence-electron chi connectivity index (χ1n) is 5.96. The van der Waals surface area contributed by atoms with Gasteiger partial charge in [0.05, 0.1) is 10.8 Å². The van der Waals surface area contributed by atoms with Gasteiger partial charge in [-0.3, -0.25) is 9.59 Å². The number of hydrogen-bond donors (Lipinski definition) is 2. The molecule has 0 radical (unpaired) electrons. The Morgan fingerprint density at radius 2 is 1.85 bits per heavy atom. The molecule has 6 nitrogen and oxygen atoms in total. The highest BCUT2D eigenvalue weighted by Gasteiger charge is 2.21. The number of sulfone groups is 1. The lowest BCUT2D eigenvalue weighted by Gasteiger charge is -2.17. The molecule has 0 fully saturated rings. The molecule has 1 rings (SSSR count). The van der Waals surface area contributed by atoms with Crippen LogP contribution in [0.25, 0.3) is 0 Å². The number of carboxylic acid groups (broad SMARTS) is 1. The predicted octanol–water partition coefficient (Wildman–Crippen LogP) is 0.929. The van der Waals surface area contributed by atoms with Crippen molar-refractivity contribution in [2.45, 2.75) is 24.8 Å². The molecular formula is C13H17NO5S. The number of carbonyl (C=O) groups excluding carboxylic acids is 1. The fourth-order valence-electron chi connectivity index (χ4n) is 1.50. The number of hydrogen-bond acceptors (Lipinski definition) is 4. The Hall–Kier alpha value is -1.89. The fraction of sp³-hybridized carbons (Fsp3) is 0.385. The smallest absolute Gasteiger partial charge is 0.308 e. The highest BCUT2D eigenvalue weighted by molar-refractivity contribution is 7.90. The zero-order valence-corrected chi connectivity index (χ0v) is 12.3. The molecule has 0 saturated heterocycles. The summed E-state index contributed by atoms with van der Waals surface area (Å²) in [7, 11) is -3.39. The highest BCUT2D eigenvalue weighted by atomic mass is 32.2. The number of carbonyl (C=O) groups is 2. The molecule has 0 bridgehead atoms. The van der Waals surface area contributed by atoms with E-state index in [0.29, 0.717) is 0 Å². The molecule has 0 saturated carbocycles. The van der Waals surface area contributed by atoms with Crippen molar-refractivity contribution in [3.63, 3.8) is 0 Å². The molecule has 1 aromatic carbocycles. The van der Waals surface area contributed by atoms with Gasteiger partial charge >= 0.3 is 5.97 Å². The molecule has 1 amide bonds. The normalized spacial score (nSPS) is 14.3. The van der Waals surface area contributed by atoms with Gasteiger partial charge in [0.2, 0.25) is 0 Å². The van der Waals surface area contributed by atoms with Crippen LogP contribution in [0.2, 0.25) is 0 Å². The van der Waals surface area contributed by atoms with Gasteiger partial charge in [0.25, 0.3) is 5.91 Å². The summed E-state index contributed by atoms with van der Waals surface area (Å²) in [6, 6.07) is 5.04. The highest BCUT2D eigenvalue weighted by Crippen LogP contribution is 2.12. The molecule has 2 N–H and O–H groups in total. The Kier molecular flexibility index (Phi) is 4.88. The average molecular weight is 299 g/mol. The van der Waals surface area contributed by atoms with Crippen LogP contribution >= 0.6 is 0 Å². The third-order valence-corrected chi connectivity index (χ3v) is 4.13. The maximum atomic E-state index is 12.0. The molecule has 0 aromatic heterocycles. The number of amides is 1. The molecule has 0 aliphatic rings. The van der Waals surface area contributed by atoms with Gasteiger partial charge < -0.3 is 10.4 Å². The first-order chi connectivity index (χ1) is 9.12. The average Bonchev–Trinajstić information content (AvgIpc) is 2.36. The minimum atomic E-state index is -3.39. The first-order valence-corrected chi connectivity index (χ1v) is 7.86. The van der Waals surface area contributed by atoms with Gasteiger partial charge in [0.15, 0.2) is 9.84 Å². The predicted molar refractivity (Wildman–Crippen MR) is 73.3 cm³/mol. The second-order valence-electron chi connectivity index (χ2n) is 4.69. The molecule has 2 unspecified atom stereocenters. The quantitative estimate of drug-likeness (QED) is 0.842. The SMILES string of the molecule is CC(NC(=O)c1cccc(S(C)(=O)=O)c1)C(C)C(=O)O. The van der Waals surface area contributed by atoms with Crippen LogP contribution in [-0.4, -0.2) is 37.7 Å². The summed E-state index contributed by atoms with van der Waals surface area (Å²) in [6.45, 7) is 3.07. The minimum absolute atomic E-state index is 0.0455. The number of benzene rings is 1. The molecule has 0 heterocycles. The van der Waals surface area contributed by atoms with Gasteiger partial charge in [-0.1, -0.05) is 6.07 Å². The third-order valence-electron chi connectivity index (χ3n) is 3.02. The lowest BCUT2D eigenvalue weighted by Crippen LogP contribution is -2.40. The topological polar surface area (TPSA) is 101 Å². The van der Waals surface area contributed by atoms with Crippen molar-refractivity contribution in [3.05, 3.63) is 29.8 Å². The minimum Gasteiger partial charge on any atom is -0.481 e. The second kappa shape index (κ2) is 6.04. The summed E-state index contributed by atoms with van der Waals surface area (Å²) in [5, 5.41) is 11.4. The lowest BCUT2D eigenvalue weighted by molar-refractivity contribution is -0.141. The van der Waals surface area contributed by atoms with Gasteiger partial charge in [0, 0.05) is 17.9 Å². The van der Waals surface area contributed by atoms with E-state index in [2.05, 4.69) is 5.32 Å². The molecule has 0 aliphatic heterocycles. The fourth-order valence-corrected chi connectivity index (χ4v) is 2.16. The molecule has 0 aliphatic carbocycles. The third kappa shape index (κ3) is 4.06. The summed E-state index contributed by atoms with van der Waals surface area (Å²) in [4.78, 5) is 22.8. The number of nitrogens with one attached hydrogen (secondary N) is 1. The number of rotatable bonds is 5. The van der Waals surface area contributed by atoms with Crippen LogP contribution in [0.4, 0.5) is 0 Å². The maximum absolute atomic E-state index is 12.0. The van der Waals surface area contributed by atoms with E-state index in [0.717, 1.165) is 6.26 Å². The molecular weight excluding hydrogens is 282 g/mol. The van der Waals surface area contributed by atoms with Crippen molar-refractivity contribution in [2.24, 2.45) is 5.92 Å². The summed E-state index contributed by atoms with van der Waals surface area (Å²) in [5.74, 6) is -2.25. The van der Waals surface area contributed by atoms with Crippen LogP contribution in [0.3, 0.4) is 0 Å². The molecule has 110 valence electrons. The van der Waals surface area contributed by atoms with Crippen LogP contribution in [0.15, 0.2) is 29.2 Å². The van der Waals surface area contributed by atoms with Crippen molar-refractivity contribution in [3.8, 4) is 0 Å². The van der Waals surface area contributed by atoms with Crippen LogP contribution in [-0.2, 0) is 14.6 Å². The van der Waals surface area contributed by atoms with E-state index in [-0.39, 0.29) is 10.5 Å². The van der Waals surface area contributed by atoms with Crippen molar-refractivity contribution in [1.82, 2.24) is 5.32 Å². The van der Waals surface area contributed by atoms with E-state index in [4.69, 9.17) is 5.11 Å². The van der Waals surface area contributed by atoms with E-state index < -0.39 is 33.7 Å². The maximum Gasteiger partial charge on any atom is 0.308 e. The molecule has 20 heavy (non-hydrogen) atoms. The molecule has 2 atom stereocenters. The van der Waals surface area contributed by atoms with Crippen molar-refractivity contribution in [1.29, 1.82) is 0 Å². The van der Waals surface area contributed by atoms with E-state index >= 15 is 0 Å². The molecule has 0 spiro atoms. The monoisotopic (exact) mass is 299 g/mol. The van der Waals surface area contributed by atoms with E-state index in [1.165, 1.54) is 31.2 Å². The zero-order chi connectivity index (χ0) is 15.5. The summed E-state index contributed by atoms with van der Waals surface area (Å²) in [6.07, 6.45) is 1.05. The van der Waals surface area contributed by atoms with Crippen molar-refractivity contribution >= 4 is 21.7 Å². The molecule has 7 heteroatoms. The number of aliphatic carboxylic acids is 1. The van der Waals surface area contributed by atoms with Gasteiger partial charge in [-0.2, -0.15) is 0 Å². The van der Waals surface area contributed by atoms with Gasteiger partial charge in [0.1, 0.15) is 0 Å². The Balaban J connectivity index is 2.91. The first kappa shape index (κ1) is 16.2. The summed E-state index contributed by atoms with van der Waals surface area (Å²) >= 11 is 0. The van der Waals surface area contributed by atoms with Crippen LogP contribution < -0.4 is 5.32 Å². The van der Waals surface area contributed by atoms with Crippen LogP contribution in [0, 0.1) is 5.92 Å². The summed E-state index contributed by atoms with van der Waals surface area (Å²) < 4.78 is 22.8. The lowest BCUT2D eigenvalue weighted by atomic mass is 10.0. The second-order valence-corrected chi connectivity index (χ2v) is 6.70. The van der Waals surface area contributed by atoms with E-state index in [9.17, 15) is 18.0 Å². The van der Waals surface area contributed by atoms with Gasteiger partial charge in [-0.05, 0) is 32.0 Å².